The van der Waals surface area contributed by atoms with Gasteiger partial charge in [-0.25, -0.2) is 18.7 Å². The van der Waals surface area contributed by atoms with Crippen LogP contribution in [0.1, 0.15) is 53.9 Å². The van der Waals surface area contributed by atoms with Crippen molar-refractivity contribution in [2.24, 2.45) is 5.92 Å². The number of fused-ring (bicyclic) bond motifs is 1. The van der Waals surface area contributed by atoms with Gasteiger partial charge in [0.05, 0.1) is 6.54 Å². The van der Waals surface area contributed by atoms with Crippen LogP contribution in [0.25, 0.3) is 11.1 Å². The Kier molecular flexibility index (Phi) is 9.68. The molecule has 13 heteroatoms. The number of ether oxygens (including phenoxy) is 2. The molecule has 4 heterocycles. The summed E-state index contributed by atoms with van der Waals surface area (Å²) < 4.78 is 39.1. The topological polar surface area (TPSA) is 113 Å². The van der Waals surface area contributed by atoms with Crippen molar-refractivity contribution in [3.8, 4) is 22.6 Å². The Morgan fingerprint density at radius 3 is 2.49 bits per heavy atom. The van der Waals surface area contributed by atoms with Gasteiger partial charge in [0.25, 0.3) is 23.7 Å². The molecular formula is C32H40F2N6O4S. The average Bonchev–Trinajstić information content (AvgIpc) is 3.39. The van der Waals surface area contributed by atoms with E-state index in [1.165, 1.54) is 11.8 Å². The van der Waals surface area contributed by atoms with Crippen molar-refractivity contribution in [3.63, 3.8) is 0 Å². The third-order valence-corrected chi connectivity index (χ3v) is 9.51. The van der Waals surface area contributed by atoms with Crippen molar-refractivity contribution in [2.45, 2.75) is 64.2 Å². The molecule has 45 heavy (non-hydrogen) atoms. The fourth-order valence-electron chi connectivity index (χ4n) is 5.93. The maximum Gasteiger partial charge on any atom is 0.254 e. The minimum atomic E-state index is -2.38. The van der Waals surface area contributed by atoms with Crippen LogP contribution in [0, 0.1) is 19.8 Å². The number of carbonyl (C=O) groups excluding carboxylic acids is 1. The van der Waals surface area contributed by atoms with E-state index in [-0.39, 0.29) is 30.5 Å². The molecule has 10 nitrogen and oxygen atoms in total. The van der Waals surface area contributed by atoms with Gasteiger partial charge in [-0.05, 0) is 65.1 Å². The van der Waals surface area contributed by atoms with Gasteiger partial charge in [0, 0.05) is 83.8 Å². The number of carbonyl (C=O) groups is 1. The number of pyridine rings is 1. The molecule has 1 aromatic carbocycles. The van der Waals surface area contributed by atoms with E-state index in [2.05, 4.69) is 20.3 Å². The average molecular weight is 643 g/mol. The molecule has 0 radical (unpaired) electrons. The molecular weight excluding hydrogens is 602 g/mol. The first-order valence-corrected chi connectivity index (χ1v) is 16.3. The van der Waals surface area contributed by atoms with Gasteiger partial charge in [-0.3, -0.25) is 14.5 Å². The van der Waals surface area contributed by atoms with E-state index in [1.54, 1.807) is 30.3 Å². The molecule has 2 aliphatic heterocycles. The lowest BCUT2D eigenvalue weighted by atomic mass is 9.89. The first-order chi connectivity index (χ1) is 21.4. The molecule has 0 bridgehead atoms. The summed E-state index contributed by atoms with van der Waals surface area (Å²) in [5, 5.41) is 2.92. The Hall–Kier alpha value is -3.71. The number of aryl methyl sites for hydroxylation is 1. The fraction of sp³-hybridized carbons (Fsp3) is 0.500. The number of hydrogen-bond donors (Lipinski definition) is 2. The normalized spacial score (nSPS) is 18.4. The smallest absolute Gasteiger partial charge is 0.254 e. The Balaban J connectivity index is 1.48. The number of aromatic amines is 1. The summed E-state index contributed by atoms with van der Waals surface area (Å²) in [6, 6.07) is 3.64. The van der Waals surface area contributed by atoms with Crippen molar-refractivity contribution < 1.29 is 23.0 Å². The molecule has 242 valence electrons. The monoisotopic (exact) mass is 642 g/mol. The number of nitrogens with one attached hydrogen (secondary N) is 2. The number of thioether (sulfide) groups is 1. The lowest BCUT2D eigenvalue weighted by Gasteiger charge is -2.38. The van der Waals surface area contributed by atoms with Gasteiger partial charge in [0.15, 0.2) is 11.5 Å². The molecule has 3 aromatic rings. The van der Waals surface area contributed by atoms with E-state index in [0.29, 0.717) is 71.2 Å². The Morgan fingerprint density at radius 2 is 1.87 bits per heavy atom. The van der Waals surface area contributed by atoms with Gasteiger partial charge >= 0.3 is 0 Å². The molecule has 1 atom stereocenters. The first-order valence-electron chi connectivity index (χ1n) is 15.1. The van der Waals surface area contributed by atoms with Crippen LogP contribution in [0.5, 0.6) is 11.5 Å². The Morgan fingerprint density at radius 1 is 1.20 bits per heavy atom. The summed E-state index contributed by atoms with van der Waals surface area (Å²) in [7, 11) is 1.90. The summed E-state index contributed by atoms with van der Waals surface area (Å²) in [6.07, 6.45) is 4.15. The van der Waals surface area contributed by atoms with Gasteiger partial charge in [-0.2, -0.15) is 0 Å². The quantitative estimate of drug-likeness (QED) is 0.295. The van der Waals surface area contributed by atoms with Crippen LogP contribution in [-0.4, -0.2) is 77.5 Å². The third-order valence-electron chi connectivity index (χ3n) is 8.70. The summed E-state index contributed by atoms with van der Waals surface area (Å²) in [5.74, 6) is 0.0139. The van der Waals surface area contributed by atoms with E-state index in [9.17, 15) is 18.4 Å². The second kappa shape index (κ2) is 13.3. The highest BCUT2D eigenvalue weighted by Gasteiger charge is 2.47. The van der Waals surface area contributed by atoms with Gasteiger partial charge in [-0.1, -0.05) is 0 Å². The number of piperidine rings is 1. The van der Waals surface area contributed by atoms with Crippen molar-refractivity contribution >= 4 is 23.6 Å². The first kappa shape index (κ1) is 32.7. The number of H-pyrrole nitrogens is 1. The number of likely N-dealkylation sites (tertiary alicyclic amines) is 1. The Labute approximate surface area is 265 Å². The highest BCUT2D eigenvalue weighted by molar-refractivity contribution is 7.98. The molecule has 2 N–H and O–H groups in total. The molecule has 0 spiro atoms. The SMILES string of the molecule is CCN(C)c1ncc(-c2cc(C(=O)NCc3c(SC)cc(C)[nH]c3=O)c(C)c3c2O[C@](C)(C2CCN(CC(F)F)CC2)O3)cn1. The number of benzene rings is 1. The lowest BCUT2D eigenvalue weighted by Crippen LogP contribution is -2.49. The van der Waals surface area contributed by atoms with Crippen LogP contribution in [0.4, 0.5) is 14.7 Å². The van der Waals surface area contributed by atoms with Crippen LogP contribution in [0.3, 0.4) is 0 Å². The third kappa shape index (κ3) is 6.79. The van der Waals surface area contributed by atoms with Crippen molar-refractivity contribution in [3.05, 3.63) is 57.3 Å². The number of alkyl halides is 2. The van der Waals surface area contributed by atoms with Crippen LogP contribution >= 0.6 is 11.8 Å². The van der Waals surface area contributed by atoms with Crippen LogP contribution in [0.15, 0.2) is 34.2 Å². The van der Waals surface area contributed by atoms with Crippen LogP contribution in [-0.2, 0) is 6.54 Å². The van der Waals surface area contributed by atoms with Gasteiger partial charge < -0.3 is 24.7 Å². The molecule has 0 aliphatic carbocycles. The lowest BCUT2D eigenvalue weighted by molar-refractivity contribution is -0.126. The molecule has 2 aliphatic rings. The highest BCUT2D eigenvalue weighted by Crippen LogP contribution is 2.52. The zero-order valence-electron chi connectivity index (χ0n) is 26.5. The minimum Gasteiger partial charge on any atom is -0.448 e. The number of anilines is 1. The molecule has 2 aromatic heterocycles. The number of aromatic nitrogens is 3. The molecule has 5 rings (SSSR count). The fourth-order valence-corrected chi connectivity index (χ4v) is 6.64. The molecule has 0 saturated carbocycles. The zero-order chi connectivity index (χ0) is 32.5. The summed E-state index contributed by atoms with van der Waals surface area (Å²) in [4.78, 5) is 42.8. The van der Waals surface area contributed by atoms with E-state index >= 15 is 0 Å². The van der Waals surface area contributed by atoms with Gasteiger partial charge in [-0.15, -0.1) is 11.8 Å². The summed E-state index contributed by atoms with van der Waals surface area (Å²) >= 11 is 1.45. The number of amides is 1. The molecule has 1 fully saturated rings. The van der Waals surface area contributed by atoms with Crippen molar-refractivity contribution in [1.82, 2.24) is 25.2 Å². The Bertz CT molecular complexity index is 1610. The van der Waals surface area contributed by atoms with E-state index in [0.717, 1.165) is 17.1 Å². The molecule has 1 saturated heterocycles. The summed E-state index contributed by atoms with van der Waals surface area (Å²) in [5.41, 5.74) is 3.19. The van der Waals surface area contributed by atoms with E-state index in [1.807, 2.05) is 45.0 Å². The maximum atomic E-state index is 13.7. The minimum absolute atomic E-state index is 0.0455. The van der Waals surface area contributed by atoms with Crippen LogP contribution in [0.2, 0.25) is 0 Å². The number of rotatable bonds is 10. The molecule has 0 unspecified atom stereocenters. The standard InChI is InChI=1S/C32H40F2N6O4S/c1-7-39(5)31-36-14-20(15-37-31)23-13-22(29(41)35-16-24-25(45-6)12-18(2)38-30(24)42)19(3)27-28(23)44-32(4,43-27)21-8-10-40(11-9-21)17-26(33)34/h12-15,21,26H,7-11,16-17H2,1-6H3,(H,35,41)(H,38,42)/t32-/m1/s1. The number of nitrogens with zero attached hydrogens (tertiary/aromatic N) is 4. The zero-order valence-corrected chi connectivity index (χ0v) is 27.3. The second-order valence-corrected chi connectivity index (χ2v) is 12.6. The predicted molar refractivity (Wildman–Crippen MR) is 171 cm³/mol. The van der Waals surface area contributed by atoms with Gasteiger partial charge in [0.2, 0.25) is 5.95 Å². The van der Waals surface area contributed by atoms with E-state index in [4.69, 9.17) is 9.47 Å². The van der Waals surface area contributed by atoms with Gasteiger partial charge in [0.1, 0.15) is 0 Å². The maximum absolute atomic E-state index is 13.7. The van der Waals surface area contributed by atoms with Crippen LogP contribution < -0.4 is 25.2 Å². The summed E-state index contributed by atoms with van der Waals surface area (Å²) in [6.45, 7) is 9.06. The van der Waals surface area contributed by atoms with Crippen molar-refractivity contribution in [2.75, 3.05) is 44.4 Å². The van der Waals surface area contributed by atoms with Crippen molar-refractivity contribution in [1.29, 1.82) is 0 Å². The predicted octanol–water partition coefficient (Wildman–Crippen LogP) is 5.02. The largest absolute Gasteiger partial charge is 0.448 e. The molecule has 1 amide bonds. The second-order valence-electron chi connectivity index (χ2n) is 11.7. The highest BCUT2D eigenvalue weighted by atomic mass is 32.2. The number of hydrogen-bond acceptors (Lipinski definition) is 9. The number of halogens is 2. The van der Waals surface area contributed by atoms with E-state index < -0.39 is 12.2 Å².